The number of hydrogen-bond acceptors (Lipinski definition) is 4. The van der Waals surface area contributed by atoms with Gasteiger partial charge in [-0.1, -0.05) is 0 Å². The maximum atomic E-state index is 4.23. The van der Waals surface area contributed by atoms with Crippen molar-refractivity contribution in [1.82, 2.24) is 15.1 Å². The molecule has 1 aromatic heterocycles. The summed E-state index contributed by atoms with van der Waals surface area (Å²) in [6.45, 7) is 0. The van der Waals surface area contributed by atoms with Crippen LogP contribution in [0.15, 0.2) is 12.4 Å². The molecule has 0 bridgehead atoms. The summed E-state index contributed by atoms with van der Waals surface area (Å²) in [4.78, 5) is 0. The SMILES string of the molecule is CNC(Cc1cnn(C)c1)C1CSCCS1. The molecule has 1 saturated heterocycles. The summed E-state index contributed by atoms with van der Waals surface area (Å²) in [5.74, 6) is 3.88. The molecule has 2 rings (SSSR count). The molecule has 16 heavy (non-hydrogen) atoms. The number of rotatable bonds is 4. The standard InChI is InChI=1S/C11H19N3S2/c1-12-10(11-8-15-3-4-16-11)5-9-6-13-14(2)7-9/h6-7,10-12H,3-5,8H2,1-2H3. The van der Waals surface area contributed by atoms with Crippen LogP contribution in [0.25, 0.3) is 0 Å². The van der Waals surface area contributed by atoms with Crippen LogP contribution in [0.4, 0.5) is 0 Å². The Balaban J connectivity index is 1.94. The van der Waals surface area contributed by atoms with E-state index < -0.39 is 0 Å². The zero-order valence-corrected chi connectivity index (χ0v) is 11.5. The molecule has 1 aliphatic rings. The van der Waals surface area contributed by atoms with E-state index in [1.165, 1.54) is 22.8 Å². The van der Waals surface area contributed by atoms with Crippen molar-refractivity contribution in [3.05, 3.63) is 18.0 Å². The number of hydrogen-bond donors (Lipinski definition) is 1. The lowest BCUT2D eigenvalue weighted by molar-refractivity contribution is 0.557. The molecule has 0 saturated carbocycles. The van der Waals surface area contributed by atoms with Crippen LogP contribution in [0.3, 0.4) is 0 Å². The smallest absolute Gasteiger partial charge is 0.0522 e. The quantitative estimate of drug-likeness (QED) is 0.883. The molecule has 0 amide bonds. The van der Waals surface area contributed by atoms with Crippen LogP contribution < -0.4 is 5.32 Å². The van der Waals surface area contributed by atoms with Crippen molar-refractivity contribution in [3.63, 3.8) is 0 Å². The molecule has 2 atom stereocenters. The van der Waals surface area contributed by atoms with E-state index in [1.54, 1.807) is 0 Å². The zero-order valence-electron chi connectivity index (χ0n) is 9.85. The molecular formula is C11H19N3S2. The Morgan fingerprint density at radius 2 is 2.50 bits per heavy atom. The molecule has 1 N–H and O–H groups in total. The molecule has 1 aliphatic heterocycles. The predicted octanol–water partition coefficient (Wildman–Crippen LogP) is 1.40. The number of nitrogens with one attached hydrogen (secondary N) is 1. The van der Waals surface area contributed by atoms with E-state index in [4.69, 9.17) is 0 Å². The third-order valence-corrected chi connectivity index (χ3v) is 5.80. The monoisotopic (exact) mass is 257 g/mol. The number of aryl methyl sites for hydroxylation is 1. The normalized spacial score (nSPS) is 23.2. The van der Waals surface area contributed by atoms with Crippen molar-refractivity contribution in [2.75, 3.05) is 24.3 Å². The van der Waals surface area contributed by atoms with Crippen LogP contribution >= 0.6 is 23.5 Å². The summed E-state index contributed by atoms with van der Waals surface area (Å²) >= 11 is 4.19. The average Bonchev–Trinajstić information content (AvgIpc) is 2.73. The Bertz CT molecular complexity index is 321. The van der Waals surface area contributed by atoms with E-state index in [1.807, 2.05) is 17.9 Å². The summed E-state index contributed by atoms with van der Waals surface area (Å²) in [5.41, 5.74) is 1.33. The van der Waals surface area contributed by atoms with Gasteiger partial charge in [-0.3, -0.25) is 4.68 Å². The minimum absolute atomic E-state index is 0.571. The maximum absolute atomic E-state index is 4.23. The van der Waals surface area contributed by atoms with E-state index >= 15 is 0 Å². The fourth-order valence-corrected chi connectivity index (χ4v) is 4.92. The topological polar surface area (TPSA) is 29.9 Å². The summed E-state index contributed by atoms with van der Waals surface area (Å²) in [5, 5.41) is 8.42. The summed E-state index contributed by atoms with van der Waals surface area (Å²) in [6, 6.07) is 0.571. The van der Waals surface area contributed by atoms with Gasteiger partial charge in [-0.05, 0) is 19.0 Å². The van der Waals surface area contributed by atoms with Gasteiger partial charge in [0.05, 0.1) is 6.20 Å². The van der Waals surface area contributed by atoms with Gasteiger partial charge < -0.3 is 5.32 Å². The first-order valence-electron chi connectivity index (χ1n) is 5.63. The van der Waals surface area contributed by atoms with Crippen molar-refractivity contribution in [1.29, 1.82) is 0 Å². The number of aromatic nitrogens is 2. The van der Waals surface area contributed by atoms with Gasteiger partial charge in [-0.2, -0.15) is 28.6 Å². The predicted molar refractivity (Wildman–Crippen MR) is 73.3 cm³/mol. The van der Waals surface area contributed by atoms with Crippen LogP contribution in [0.2, 0.25) is 0 Å². The minimum atomic E-state index is 0.571. The Hall–Kier alpha value is -0.130. The molecule has 1 fully saturated rings. The first kappa shape index (κ1) is 12.3. The molecule has 1 aromatic rings. The second-order valence-corrected chi connectivity index (χ2v) is 6.60. The molecule has 3 nitrogen and oxygen atoms in total. The molecule has 0 aliphatic carbocycles. The summed E-state index contributed by atoms with van der Waals surface area (Å²) in [6.07, 6.45) is 5.18. The number of likely N-dealkylation sites (N-methyl/N-ethyl adjacent to an activating group) is 1. The second kappa shape index (κ2) is 5.98. The highest BCUT2D eigenvalue weighted by Crippen LogP contribution is 2.27. The van der Waals surface area contributed by atoms with Gasteiger partial charge in [-0.25, -0.2) is 0 Å². The summed E-state index contributed by atoms with van der Waals surface area (Å²) in [7, 11) is 4.05. The molecule has 2 heterocycles. The number of thioether (sulfide) groups is 2. The molecule has 0 radical (unpaired) electrons. The first-order chi connectivity index (χ1) is 7.79. The van der Waals surface area contributed by atoms with Gasteiger partial charge in [0.15, 0.2) is 0 Å². The van der Waals surface area contributed by atoms with Gasteiger partial charge in [0, 0.05) is 41.8 Å². The van der Waals surface area contributed by atoms with Crippen LogP contribution in [0, 0.1) is 0 Å². The van der Waals surface area contributed by atoms with Crippen LogP contribution in [-0.2, 0) is 13.5 Å². The Kier molecular flexibility index (Phi) is 4.61. The highest BCUT2D eigenvalue weighted by molar-refractivity contribution is 8.06. The lowest BCUT2D eigenvalue weighted by Gasteiger charge is -2.29. The fourth-order valence-electron chi connectivity index (χ4n) is 1.99. The van der Waals surface area contributed by atoms with E-state index in [-0.39, 0.29) is 0 Å². The Labute approximate surface area is 106 Å². The first-order valence-corrected chi connectivity index (χ1v) is 7.84. The van der Waals surface area contributed by atoms with Gasteiger partial charge in [0.2, 0.25) is 0 Å². The van der Waals surface area contributed by atoms with E-state index in [0.717, 1.165) is 11.7 Å². The van der Waals surface area contributed by atoms with Gasteiger partial charge in [-0.15, -0.1) is 0 Å². The fraction of sp³-hybridized carbons (Fsp3) is 0.727. The molecule has 0 aromatic carbocycles. The Morgan fingerprint density at radius 1 is 1.62 bits per heavy atom. The molecule has 0 spiro atoms. The highest BCUT2D eigenvalue weighted by Gasteiger charge is 2.23. The third-order valence-electron chi connectivity index (χ3n) is 2.88. The molecule has 90 valence electrons. The maximum Gasteiger partial charge on any atom is 0.0522 e. The van der Waals surface area contributed by atoms with E-state index in [9.17, 15) is 0 Å². The van der Waals surface area contributed by atoms with Crippen LogP contribution in [0.5, 0.6) is 0 Å². The lowest BCUT2D eigenvalue weighted by atomic mass is 10.1. The van der Waals surface area contributed by atoms with Crippen molar-refractivity contribution in [2.45, 2.75) is 17.7 Å². The van der Waals surface area contributed by atoms with Crippen molar-refractivity contribution in [2.24, 2.45) is 7.05 Å². The van der Waals surface area contributed by atoms with E-state index in [2.05, 4.69) is 47.2 Å². The molecule has 5 heteroatoms. The van der Waals surface area contributed by atoms with Gasteiger partial charge >= 0.3 is 0 Å². The van der Waals surface area contributed by atoms with E-state index in [0.29, 0.717) is 6.04 Å². The molecule has 2 unspecified atom stereocenters. The summed E-state index contributed by atoms with van der Waals surface area (Å²) < 4.78 is 1.88. The van der Waals surface area contributed by atoms with Gasteiger partial charge in [0.1, 0.15) is 0 Å². The zero-order chi connectivity index (χ0) is 11.4. The minimum Gasteiger partial charge on any atom is -0.316 e. The number of nitrogens with zero attached hydrogens (tertiary/aromatic N) is 2. The third kappa shape index (κ3) is 3.18. The highest BCUT2D eigenvalue weighted by atomic mass is 32.2. The lowest BCUT2D eigenvalue weighted by Crippen LogP contribution is -2.40. The largest absolute Gasteiger partial charge is 0.316 e. The molecular weight excluding hydrogens is 238 g/mol. The van der Waals surface area contributed by atoms with Crippen molar-refractivity contribution in [3.8, 4) is 0 Å². The average molecular weight is 257 g/mol. The van der Waals surface area contributed by atoms with Crippen molar-refractivity contribution >= 4 is 23.5 Å². The van der Waals surface area contributed by atoms with Crippen LogP contribution in [0.1, 0.15) is 5.56 Å². The van der Waals surface area contributed by atoms with Crippen LogP contribution in [-0.4, -0.2) is 45.4 Å². The Morgan fingerprint density at radius 3 is 3.06 bits per heavy atom. The van der Waals surface area contributed by atoms with Crippen molar-refractivity contribution < 1.29 is 0 Å². The van der Waals surface area contributed by atoms with Gasteiger partial charge in [0.25, 0.3) is 0 Å². The second-order valence-electron chi connectivity index (χ2n) is 4.11.